The van der Waals surface area contributed by atoms with Crippen molar-refractivity contribution in [3.05, 3.63) is 23.5 Å². The number of nitrogens with zero attached hydrogens (tertiary/aromatic N) is 2. The molecule has 4 N–H and O–H groups in total. The van der Waals surface area contributed by atoms with Crippen molar-refractivity contribution in [3.63, 3.8) is 0 Å². The minimum Gasteiger partial charge on any atom is -0.481 e. The molecule has 0 aromatic carbocycles. The summed E-state index contributed by atoms with van der Waals surface area (Å²) in [6.07, 6.45) is 3.55. The van der Waals surface area contributed by atoms with Gasteiger partial charge in [0.15, 0.2) is 5.15 Å². The van der Waals surface area contributed by atoms with E-state index in [0.717, 1.165) is 25.9 Å². The number of piperidine rings is 1. The average molecular weight is 329 g/mol. The number of halogens is 1. The van der Waals surface area contributed by atoms with Crippen molar-refractivity contribution < 1.29 is 14.7 Å². The summed E-state index contributed by atoms with van der Waals surface area (Å²) >= 11 is 6.01. The molecule has 0 atom stereocenters. The average Bonchev–Trinajstić information content (AvgIpc) is 2.51. The number of nitrogens with two attached hydrogens (primary N) is 1. The highest BCUT2D eigenvalue weighted by atomic mass is 35.5. The lowest BCUT2D eigenvalue weighted by atomic mass is 10.0. The van der Waals surface area contributed by atoms with E-state index in [1.54, 1.807) is 30.2 Å². The number of carbonyl (C=O) groups is 2. The largest absolute Gasteiger partial charge is 0.481 e. The van der Waals surface area contributed by atoms with E-state index in [-0.39, 0.29) is 12.5 Å². The van der Waals surface area contributed by atoms with E-state index in [1.165, 1.54) is 0 Å². The van der Waals surface area contributed by atoms with E-state index in [9.17, 15) is 9.59 Å². The number of hydrogen-bond acceptors (Lipinski definition) is 4. The molecule has 1 aromatic heterocycles. The van der Waals surface area contributed by atoms with Crippen LogP contribution >= 0.6 is 11.6 Å². The van der Waals surface area contributed by atoms with Crippen molar-refractivity contribution in [1.29, 1.82) is 0 Å². The second kappa shape index (κ2) is 9.22. The zero-order valence-electron chi connectivity index (χ0n) is 12.5. The highest BCUT2D eigenvalue weighted by molar-refractivity contribution is 6.32. The smallest absolute Gasteiger partial charge is 0.319 e. The van der Waals surface area contributed by atoms with Gasteiger partial charge >= 0.3 is 12.0 Å². The molecule has 1 aliphatic heterocycles. The summed E-state index contributed by atoms with van der Waals surface area (Å²) in [5.74, 6) is -0.745. The van der Waals surface area contributed by atoms with E-state index in [4.69, 9.17) is 22.4 Å². The van der Waals surface area contributed by atoms with Gasteiger partial charge in [-0.1, -0.05) is 18.5 Å². The standard InChI is InChI=1S/C11H15ClN4O.C3H6O2/c12-10-9(2-1-5-15-10)16(11(13)17)8-3-6-14-7-4-8;1-2-3(4)5/h1-2,5,8,14H,3-4,6-7H2,(H2,13,17);2H2,1H3,(H,4,5). The Labute approximate surface area is 134 Å². The highest BCUT2D eigenvalue weighted by Crippen LogP contribution is 2.27. The summed E-state index contributed by atoms with van der Waals surface area (Å²) in [6.45, 7) is 3.36. The molecule has 1 aliphatic rings. The first-order chi connectivity index (χ1) is 10.5. The molecule has 0 saturated carbocycles. The Hall–Kier alpha value is -1.86. The highest BCUT2D eigenvalue weighted by Gasteiger charge is 2.26. The zero-order chi connectivity index (χ0) is 16.5. The molecular weight excluding hydrogens is 308 g/mol. The predicted molar refractivity (Wildman–Crippen MR) is 85.1 cm³/mol. The van der Waals surface area contributed by atoms with E-state index in [0.29, 0.717) is 10.8 Å². The van der Waals surface area contributed by atoms with Gasteiger partial charge in [-0.25, -0.2) is 9.78 Å². The Kier molecular flexibility index (Phi) is 7.62. The van der Waals surface area contributed by atoms with Crippen LogP contribution in [0.3, 0.4) is 0 Å². The molecule has 7 nitrogen and oxygen atoms in total. The Morgan fingerprint density at radius 1 is 1.50 bits per heavy atom. The predicted octanol–water partition coefficient (Wildman–Crippen LogP) is 1.85. The number of aromatic nitrogens is 1. The first kappa shape index (κ1) is 18.2. The van der Waals surface area contributed by atoms with Crippen molar-refractivity contribution in [3.8, 4) is 0 Å². The van der Waals surface area contributed by atoms with E-state index in [2.05, 4.69) is 10.3 Å². The molecule has 1 saturated heterocycles. The third kappa shape index (κ3) is 5.50. The maximum atomic E-state index is 11.6. The van der Waals surface area contributed by atoms with Crippen molar-refractivity contribution in [1.82, 2.24) is 10.3 Å². The number of carboxylic acids is 1. The van der Waals surface area contributed by atoms with Crippen LogP contribution in [0.2, 0.25) is 5.15 Å². The summed E-state index contributed by atoms with van der Waals surface area (Å²) in [5.41, 5.74) is 6.04. The molecule has 2 rings (SSSR count). The van der Waals surface area contributed by atoms with E-state index >= 15 is 0 Å². The molecule has 0 aliphatic carbocycles. The lowest BCUT2D eigenvalue weighted by Crippen LogP contribution is -2.48. The summed E-state index contributed by atoms with van der Waals surface area (Å²) in [6, 6.07) is 3.13. The molecular formula is C14H21ClN4O3. The lowest BCUT2D eigenvalue weighted by molar-refractivity contribution is -0.136. The van der Waals surface area contributed by atoms with Gasteiger partial charge in [-0.2, -0.15) is 0 Å². The van der Waals surface area contributed by atoms with Crippen LogP contribution in [0.4, 0.5) is 10.5 Å². The van der Waals surface area contributed by atoms with Crippen LogP contribution in [0.25, 0.3) is 0 Å². The van der Waals surface area contributed by atoms with Crippen LogP contribution in [-0.2, 0) is 4.79 Å². The number of aliphatic carboxylic acids is 1. The molecule has 1 aromatic rings. The topological polar surface area (TPSA) is 109 Å². The number of pyridine rings is 1. The van der Waals surface area contributed by atoms with Gasteiger partial charge in [-0.05, 0) is 38.1 Å². The molecule has 1 fully saturated rings. The Bertz CT molecular complexity index is 507. The molecule has 0 radical (unpaired) electrons. The van der Waals surface area contributed by atoms with Gasteiger partial charge in [0.05, 0.1) is 5.69 Å². The minimum atomic E-state index is -0.745. The van der Waals surface area contributed by atoms with Gasteiger partial charge in [0.25, 0.3) is 0 Å². The molecule has 2 heterocycles. The molecule has 0 bridgehead atoms. The van der Waals surface area contributed by atoms with Crippen LogP contribution in [0.15, 0.2) is 18.3 Å². The third-order valence-electron chi connectivity index (χ3n) is 3.21. The van der Waals surface area contributed by atoms with Crippen molar-refractivity contribution in [2.45, 2.75) is 32.2 Å². The number of carboxylic acid groups (broad SMARTS) is 1. The van der Waals surface area contributed by atoms with Crippen molar-refractivity contribution in [2.75, 3.05) is 18.0 Å². The van der Waals surface area contributed by atoms with Gasteiger partial charge in [0.2, 0.25) is 0 Å². The van der Waals surface area contributed by atoms with Crippen molar-refractivity contribution in [2.24, 2.45) is 5.73 Å². The number of anilines is 1. The molecule has 0 unspecified atom stereocenters. The van der Waals surface area contributed by atoms with Gasteiger partial charge in [-0.15, -0.1) is 0 Å². The van der Waals surface area contributed by atoms with Crippen LogP contribution in [0, 0.1) is 0 Å². The first-order valence-electron chi connectivity index (χ1n) is 7.09. The molecule has 0 spiro atoms. The van der Waals surface area contributed by atoms with Crippen LogP contribution in [0.1, 0.15) is 26.2 Å². The SMILES string of the molecule is CCC(=O)O.NC(=O)N(c1cccnc1Cl)C1CCNCC1. The number of carbonyl (C=O) groups excluding carboxylic acids is 1. The number of rotatable bonds is 3. The second-order valence-corrected chi connectivity index (χ2v) is 5.11. The van der Waals surface area contributed by atoms with Crippen molar-refractivity contribution >= 4 is 29.3 Å². The summed E-state index contributed by atoms with van der Waals surface area (Å²) < 4.78 is 0. The fourth-order valence-electron chi connectivity index (χ4n) is 2.12. The van der Waals surface area contributed by atoms with Gasteiger partial charge in [0.1, 0.15) is 0 Å². The zero-order valence-corrected chi connectivity index (χ0v) is 13.2. The van der Waals surface area contributed by atoms with E-state index in [1.807, 2.05) is 0 Å². The van der Waals surface area contributed by atoms with Crippen LogP contribution in [0.5, 0.6) is 0 Å². The second-order valence-electron chi connectivity index (χ2n) is 4.75. The number of nitrogens with one attached hydrogen (secondary N) is 1. The van der Waals surface area contributed by atoms with Gasteiger partial charge in [0, 0.05) is 18.7 Å². The van der Waals surface area contributed by atoms with Crippen LogP contribution in [-0.4, -0.2) is 41.2 Å². The third-order valence-corrected chi connectivity index (χ3v) is 3.50. The Morgan fingerprint density at radius 3 is 2.55 bits per heavy atom. The van der Waals surface area contributed by atoms with E-state index < -0.39 is 12.0 Å². The lowest BCUT2D eigenvalue weighted by Gasteiger charge is -2.33. The fraction of sp³-hybridized carbons (Fsp3) is 0.500. The maximum absolute atomic E-state index is 11.6. The quantitative estimate of drug-likeness (QED) is 0.734. The normalized spacial score (nSPS) is 14.6. The molecule has 22 heavy (non-hydrogen) atoms. The monoisotopic (exact) mass is 328 g/mol. The van der Waals surface area contributed by atoms with Gasteiger partial charge < -0.3 is 16.2 Å². The number of urea groups is 1. The number of hydrogen-bond donors (Lipinski definition) is 3. The summed E-state index contributed by atoms with van der Waals surface area (Å²) in [4.78, 5) is 26.5. The Balaban J connectivity index is 0.000000422. The summed E-state index contributed by atoms with van der Waals surface area (Å²) in [5, 5.41) is 11.3. The number of primary amides is 1. The maximum Gasteiger partial charge on any atom is 0.319 e. The van der Waals surface area contributed by atoms with Gasteiger partial charge in [-0.3, -0.25) is 9.69 Å². The van der Waals surface area contributed by atoms with Crippen LogP contribution < -0.4 is 16.0 Å². The number of amides is 2. The molecule has 8 heteroatoms. The minimum absolute atomic E-state index is 0.0930. The fourth-order valence-corrected chi connectivity index (χ4v) is 2.33. The summed E-state index contributed by atoms with van der Waals surface area (Å²) in [7, 11) is 0. The molecule has 122 valence electrons. The molecule has 2 amide bonds. The Morgan fingerprint density at radius 2 is 2.09 bits per heavy atom. The first-order valence-corrected chi connectivity index (χ1v) is 7.46.